The van der Waals surface area contributed by atoms with Gasteiger partial charge in [0.1, 0.15) is 5.69 Å². The molecule has 0 aromatic carbocycles. The van der Waals surface area contributed by atoms with Crippen LogP contribution in [-0.4, -0.2) is 33.6 Å². The second-order valence-corrected chi connectivity index (χ2v) is 4.99. The van der Waals surface area contributed by atoms with Crippen molar-refractivity contribution in [1.82, 2.24) is 4.98 Å². The molecule has 1 aromatic rings. The molecule has 1 aromatic heterocycles. The maximum atomic E-state index is 10.8. The number of carboxylic acids is 1. The van der Waals surface area contributed by atoms with Crippen LogP contribution >= 0.6 is 11.8 Å². The molecular weight excluding hydrogens is 224 g/mol. The SMILES string of the molecule is O=C(O)c1cc(NC2CCSCC2)ccn1. The van der Waals surface area contributed by atoms with Crippen molar-refractivity contribution in [2.24, 2.45) is 0 Å². The number of hydrogen-bond donors (Lipinski definition) is 2. The Labute approximate surface area is 98.5 Å². The van der Waals surface area contributed by atoms with Gasteiger partial charge in [0.25, 0.3) is 0 Å². The molecule has 1 fully saturated rings. The number of aromatic nitrogens is 1. The van der Waals surface area contributed by atoms with E-state index in [1.807, 2.05) is 17.8 Å². The molecule has 0 aliphatic carbocycles. The van der Waals surface area contributed by atoms with Gasteiger partial charge in [-0.05, 0) is 36.5 Å². The van der Waals surface area contributed by atoms with Crippen LogP contribution < -0.4 is 5.32 Å². The van der Waals surface area contributed by atoms with E-state index >= 15 is 0 Å². The third-order valence-corrected chi connectivity index (χ3v) is 3.62. The Morgan fingerprint density at radius 2 is 2.25 bits per heavy atom. The lowest BCUT2D eigenvalue weighted by atomic mass is 10.1. The number of rotatable bonds is 3. The van der Waals surface area contributed by atoms with E-state index in [1.54, 1.807) is 6.07 Å². The summed E-state index contributed by atoms with van der Waals surface area (Å²) >= 11 is 1.97. The smallest absolute Gasteiger partial charge is 0.354 e. The molecule has 1 aliphatic rings. The van der Waals surface area contributed by atoms with E-state index in [0.717, 1.165) is 18.5 Å². The highest BCUT2D eigenvalue weighted by Gasteiger charge is 2.14. The number of carboxylic acid groups (broad SMARTS) is 1. The lowest BCUT2D eigenvalue weighted by Crippen LogP contribution is -2.24. The maximum absolute atomic E-state index is 10.8. The van der Waals surface area contributed by atoms with Crippen LogP contribution in [0.2, 0.25) is 0 Å². The first-order valence-electron chi connectivity index (χ1n) is 5.29. The molecule has 0 radical (unpaired) electrons. The molecule has 0 amide bonds. The largest absolute Gasteiger partial charge is 0.477 e. The zero-order valence-electron chi connectivity index (χ0n) is 8.85. The number of nitrogens with one attached hydrogen (secondary N) is 1. The minimum Gasteiger partial charge on any atom is -0.477 e. The minimum atomic E-state index is -0.983. The van der Waals surface area contributed by atoms with E-state index in [0.29, 0.717) is 6.04 Å². The van der Waals surface area contributed by atoms with Gasteiger partial charge in [0.2, 0.25) is 0 Å². The zero-order chi connectivity index (χ0) is 11.4. The molecule has 4 nitrogen and oxygen atoms in total. The van der Waals surface area contributed by atoms with Gasteiger partial charge >= 0.3 is 5.97 Å². The van der Waals surface area contributed by atoms with Gasteiger partial charge in [-0.2, -0.15) is 11.8 Å². The quantitative estimate of drug-likeness (QED) is 0.844. The van der Waals surface area contributed by atoms with Crippen molar-refractivity contribution >= 4 is 23.4 Å². The summed E-state index contributed by atoms with van der Waals surface area (Å²) in [6.45, 7) is 0. The molecule has 0 atom stereocenters. The Bertz CT molecular complexity index is 378. The van der Waals surface area contributed by atoms with Crippen molar-refractivity contribution in [3.63, 3.8) is 0 Å². The molecule has 0 unspecified atom stereocenters. The molecule has 0 bridgehead atoms. The first kappa shape index (κ1) is 11.3. The highest BCUT2D eigenvalue weighted by Crippen LogP contribution is 2.20. The van der Waals surface area contributed by atoms with Crippen molar-refractivity contribution in [2.75, 3.05) is 16.8 Å². The Kier molecular flexibility index (Phi) is 3.66. The van der Waals surface area contributed by atoms with Crippen LogP contribution in [0, 0.1) is 0 Å². The van der Waals surface area contributed by atoms with Gasteiger partial charge in [-0.15, -0.1) is 0 Å². The van der Waals surface area contributed by atoms with Gasteiger partial charge in [0.05, 0.1) is 0 Å². The van der Waals surface area contributed by atoms with Crippen LogP contribution in [0.1, 0.15) is 23.3 Å². The predicted octanol–water partition coefficient (Wildman–Crippen LogP) is 2.09. The molecule has 5 heteroatoms. The standard InChI is InChI=1S/C11H14N2O2S/c14-11(15)10-7-9(1-4-12-10)13-8-2-5-16-6-3-8/h1,4,7-8H,2-3,5-6H2,(H,12,13)(H,14,15). The highest BCUT2D eigenvalue weighted by molar-refractivity contribution is 7.99. The summed E-state index contributed by atoms with van der Waals surface area (Å²) in [5.74, 6) is 1.37. The number of nitrogens with zero attached hydrogens (tertiary/aromatic N) is 1. The maximum Gasteiger partial charge on any atom is 0.354 e. The van der Waals surface area contributed by atoms with E-state index < -0.39 is 5.97 Å². The summed E-state index contributed by atoms with van der Waals surface area (Å²) in [6, 6.07) is 3.86. The van der Waals surface area contributed by atoms with Gasteiger partial charge in [0.15, 0.2) is 0 Å². The lowest BCUT2D eigenvalue weighted by Gasteiger charge is -2.23. The second-order valence-electron chi connectivity index (χ2n) is 3.77. The fourth-order valence-electron chi connectivity index (χ4n) is 1.71. The molecule has 0 spiro atoms. The Morgan fingerprint density at radius 3 is 2.94 bits per heavy atom. The molecule has 2 heterocycles. The second kappa shape index (κ2) is 5.21. The van der Waals surface area contributed by atoms with Gasteiger partial charge in [0, 0.05) is 17.9 Å². The summed E-state index contributed by atoms with van der Waals surface area (Å²) in [5, 5.41) is 12.2. The number of anilines is 1. The average Bonchev–Trinajstić information content (AvgIpc) is 2.30. The van der Waals surface area contributed by atoms with Gasteiger partial charge in [-0.3, -0.25) is 0 Å². The van der Waals surface area contributed by atoms with Crippen molar-refractivity contribution in [3.05, 3.63) is 24.0 Å². The fraction of sp³-hybridized carbons (Fsp3) is 0.455. The van der Waals surface area contributed by atoms with Gasteiger partial charge < -0.3 is 10.4 Å². The average molecular weight is 238 g/mol. The fourth-order valence-corrected chi connectivity index (χ4v) is 2.82. The molecule has 16 heavy (non-hydrogen) atoms. The van der Waals surface area contributed by atoms with Crippen LogP contribution in [-0.2, 0) is 0 Å². The number of aromatic carboxylic acids is 1. The van der Waals surface area contributed by atoms with Crippen LogP contribution in [0.3, 0.4) is 0 Å². The molecule has 2 rings (SSSR count). The Morgan fingerprint density at radius 1 is 1.50 bits per heavy atom. The highest BCUT2D eigenvalue weighted by atomic mass is 32.2. The molecule has 2 N–H and O–H groups in total. The minimum absolute atomic E-state index is 0.0928. The molecule has 86 valence electrons. The molecular formula is C11H14N2O2S. The summed E-state index contributed by atoms with van der Waals surface area (Å²) in [7, 11) is 0. The summed E-state index contributed by atoms with van der Waals surface area (Å²) in [4.78, 5) is 14.5. The summed E-state index contributed by atoms with van der Waals surface area (Å²) in [5.41, 5.74) is 0.944. The predicted molar refractivity (Wildman–Crippen MR) is 65.2 cm³/mol. The summed E-state index contributed by atoms with van der Waals surface area (Å²) < 4.78 is 0. The van der Waals surface area contributed by atoms with Gasteiger partial charge in [-0.25, -0.2) is 9.78 Å². The van der Waals surface area contributed by atoms with E-state index in [9.17, 15) is 4.79 Å². The zero-order valence-corrected chi connectivity index (χ0v) is 9.67. The van der Waals surface area contributed by atoms with Crippen molar-refractivity contribution in [2.45, 2.75) is 18.9 Å². The van der Waals surface area contributed by atoms with Crippen LogP contribution in [0.4, 0.5) is 5.69 Å². The summed E-state index contributed by atoms with van der Waals surface area (Å²) in [6.07, 6.45) is 3.80. The van der Waals surface area contributed by atoms with Gasteiger partial charge in [-0.1, -0.05) is 0 Å². The number of hydrogen-bond acceptors (Lipinski definition) is 4. The molecule has 0 saturated carbocycles. The Balaban J connectivity index is 2.02. The van der Waals surface area contributed by atoms with Crippen LogP contribution in [0.25, 0.3) is 0 Å². The first-order chi connectivity index (χ1) is 7.75. The van der Waals surface area contributed by atoms with Crippen LogP contribution in [0.15, 0.2) is 18.3 Å². The lowest BCUT2D eigenvalue weighted by molar-refractivity contribution is 0.0690. The molecule has 1 aliphatic heterocycles. The van der Waals surface area contributed by atoms with Crippen molar-refractivity contribution in [1.29, 1.82) is 0 Å². The van der Waals surface area contributed by atoms with Crippen molar-refractivity contribution in [3.8, 4) is 0 Å². The number of carbonyl (C=O) groups is 1. The van der Waals surface area contributed by atoms with Crippen LogP contribution in [0.5, 0.6) is 0 Å². The van der Waals surface area contributed by atoms with E-state index in [1.165, 1.54) is 17.7 Å². The number of thioether (sulfide) groups is 1. The normalized spacial score (nSPS) is 17.0. The first-order valence-corrected chi connectivity index (χ1v) is 6.45. The van der Waals surface area contributed by atoms with E-state index in [-0.39, 0.29) is 5.69 Å². The number of pyridine rings is 1. The van der Waals surface area contributed by atoms with E-state index in [4.69, 9.17) is 5.11 Å². The van der Waals surface area contributed by atoms with E-state index in [2.05, 4.69) is 10.3 Å². The molecule has 1 saturated heterocycles. The topological polar surface area (TPSA) is 62.2 Å². The third-order valence-electron chi connectivity index (χ3n) is 2.57. The monoisotopic (exact) mass is 238 g/mol. The Hall–Kier alpha value is -1.23. The third kappa shape index (κ3) is 2.88. The van der Waals surface area contributed by atoms with Crippen molar-refractivity contribution < 1.29 is 9.90 Å².